The van der Waals surface area contributed by atoms with Crippen molar-refractivity contribution >= 4 is 46.4 Å². The van der Waals surface area contributed by atoms with E-state index < -0.39 is 47.9 Å². The van der Waals surface area contributed by atoms with Gasteiger partial charge in [0.15, 0.2) is 0 Å². The fourth-order valence-corrected chi connectivity index (χ4v) is 8.76. The zero-order chi connectivity index (χ0) is 43.1. The molecule has 13 heteroatoms. The number of fused-ring (bicyclic) bond motifs is 2. The summed E-state index contributed by atoms with van der Waals surface area (Å²) < 4.78 is 11.6. The second kappa shape index (κ2) is 20.2. The van der Waals surface area contributed by atoms with Crippen LogP contribution in [0.1, 0.15) is 100.0 Å². The third-order valence-corrected chi connectivity index (χ3v) is 13.2. The van der Waals surface area contributed by atoms with Gasteiger partial charge in [0, 0.05) is 38.4 Å². The van der Waals surface area contributed by atoms with E-state index in [9.17, 15) is 24.0 Å². The number of allylic oxidation sites excluding steroid dienone is 1. The number of likely N-dealkylation sites (N-methyl/N-ethyl adjacent to an activating group) is 2. The molecule has 4 amide bonds. The Kier molecular flexibility index (Phi) is 16.2. The van der Waals surface area contributed by atoms with Gasteiger partial charge in [-0.3, -0.25) is 24.2 Å². The first kappa shape index (κ1) is 46.6. The lowest BCUT2D eigenvalue weighted by Gasteiger charge is -2.39. The third kappa shape index (κ3) is 11.5. The lowest BCUT2D eigenvalue weighted by Crippen LogP contribution is -2.59. The van der Waals surface area contributed by atoms with Crippen LogP contribution in [0.5, 0.6) is 5.75 Å². The van der Waals surface area contributed by atoms with Gasteiger partial charge >= 0.3 is 5.97 Å². The number of amides is 4. The van der Waals surface area contributed by atoms with Crippen LogP contribution < -0.4 is 10.1 Å². The van der Waals surface area contributed by atoms with Gasteiger partial charge in [-0.15, -0.1) is 11.8 Å². The van der Waals surface area contributed by atoms with Crippen molar-refractivity contribution in [1.29, 1.82) is 0 Å². The first-order valence-electron chi connectivity index (χ1n) is 20.8. The summed E-state index contributed by atoms with van der Waals surface area (Å²) in [5.74, 6) is -0.708. The van der Waals surface area contributed by atoms with Crippen LogP contribution >= 0.6 is 11.8 Å². The Labute approximate surface area is 350 Å². The lowest BCUT2D eigenvalue weighted by molar-refractivity contribution is -0.166. The van der Waals surface area contributed by atoms with E-state index in [1.54, 1.807) is 63.8 Å². The molecule has 0 unspecified atom stereocenters. The number of aliphatic imine (C=N–C) groups is 1. The van der Waals surface area contributed by atoms with Crippen molar-refractivity contribution in [3.63, 3.8) is 0 Å². The number of carbonyl (C=O) groups excluding carboxylic acids is 5. The van der Waals surface area contributed by atoms with Crippen LogP contribution in [0.2, 0.25) is 0 Å². The van der Waals surface area contributed by atoms with Gasteiger partial charge in [0.05, 0.1) is 18.2 Å². The van der Waals surface area contributed by atoms with Crippen molar-refractivity contribution in [3.8, 4) is 5.75 Å². The second-order valence-electron chi connectivity index (χ2n) is 17.6. The number of hydrogen-bond donors (Lipinski definition) is 1. The number of nitrogens with zero attached hydrogens (tertiary/aromatic N) is 4. The molecule has 1 aromatic carbocycles. The molecule has 4 rings (SSSR count). The van der Waals surface area contributed by atoms with Crippen molar-refractivity contribution in [2.24, 2.45) is 22.2 Å². The van der Waals surface area contributed by atoms with Crippen LogP contribution in [-0.4, -0.2) is 119 Å². The molecule has 0 spiro atoms. The molecule has 3 aliphatic rings. The molecular formula is C45H67N5O7S. The number of hydrogen-bond acceptors (Lipinski definition) is 9. The zero-order valence-electron chi connectivity index (χ0n) is 36.8. The molecule has 12 nitrogen and oxygen atoms in total. The number of cyclic esters (lactones) is 1. The largest absolute Gasteiger partial charge is 0.497 e. The molecule has 320 valence electrons. The number of benzene rings is 1. The van der Waals surface area contributed by atoms with Gasteiger partial charge in [-0.05, 0) is 87.0 Å². The van der Waals surface area contributed by atoms with Crippen LogP contribution in [0.25, 0.3) is 0 Å². The SMILES string of the molecule is CC[C@H](C)[C@H]1C(=O)N2CCC[C@H]2C(=O)O[C@H](C(C)(C)C)C[C@@H](C)C/C=C(\C)C2=N[C@@H](/C=C(\C)C(=O)N[C@@H](Cc3ccc(OC)cc3)C(=O)N(C)[C@@H](C)C(=O)N1C)CS2. The van der Waals surface area contributed by atoms with Gasteiger partial charge in [-0.25, -0.2) is 4.79 Å². The minimum atomic E-state index is -1.01. The summed E-state index contributed by atoms with van der Waals surface area (Å²) in [5.41, 5.74) is 1.95. The van der Waals surface area contributed by atoms with Gasteiger partial charge in [-0.1, -0.05) is 72.2 Å². The number of carbonyl (C=O) groups is 5. The number of ether oxygens (including phenoxy) is 2. The maximum Gasteiger partial charge on any atom is 0.329 e. The molecule has 0 aliphatic carbocycles. The summed E-state index contributed by atoms with van der Waals surface area (Å²) in [6.45, 7) is 18.0. The highest BCUT2D eigenvalue weighted by Gasteiger charge is 2.44. The first-order valence-corrected chi connectivity index (χ1v) is 21.8. The summed E-state index contributed by atoms with van der Waals surface area (Å²) in [5, 5.41) is 3.88. The summed E-state index contributed by atoms with van der Waals surface area (Å²) in [6, 6.07) is 3.44. The molecule has 1 N–H and O–H groups in total. The predicted octanol–water partition coefficient (Wildman–Crippen LogP) is 6.23. The molecule has 58 heavy (non-hydrogen) atoms. The fourth-order valence-electron chi connectivity index (χ4n) is 7.74. The molecule has 2 bridgehead atoms. The zero-order valence-corrected chi connectivity index (χ0v) is 37.6. The van der Waals surface area contributed by atoms with Crippen LogP contribution in [0.4, 0.5) is 0 Å². The second-order valence-corrected chi connectivity index (χ2v) is 18.6. The topological polar surface area (TPSA) is 138 Å². The van der Waals surface area contributed by atoms with E-state index in [2.05, 4.69) is 39.1 Å². The maximum atomic E-state index is 14.6. The molecule has 1 aromatic rings. The molecule has 0 aromatic heterocycles. The van der Waals surface area contributed by atoms with Crippen molar-refractivity contribution in [3.05, 3.63) is 53.1 Å². The minimum absolute atomic E-state index is 0.170. The van der Waals surface area contributed by atoms with Crippen LogP contribution in [0.3, 0.4) is 0 Å². The minimum Gasteiger partial charge on any atom is -0.497 e. The molecule has 8 atom stereocenters. The first-order chi connectivity index (χ1) is 27.3. The normalized spacial score (nSPS) is 30.2. The van der Waals surface area contributed by atoms with E-state index in [0.717, 1.165) is 22.6 Å². The van der Waals surface area contributed by atoms with Gasteiger partial charge in [0.1, 0.15) is 36.0 Å². The molecule has 0 radical (unpaired) electrons. The molecule has 3 aliphatic heterocycles. The smallest absolute Gasteiger partial charge is 0.329 e. The third-order valence-electron chi connectivity index (χ3n) is 12.0. The number of thioether (sulfide) groups is 1. The van der Waals surface area contributed by atoms with Gasteiger partial charge in [-0.2, -0.15) is 0 Å². The van der Waals surface area contributed by atoms with Crippen LogP contribution in [0, 0.1) is 17.3 Å². The lowest BCUT2D eigenvalue weighted by atomic mass is 9.83. The van der Waals surface area contributed by atoms with Gasteiger partial charge < -0.3 is 29.5 Å². The average Bonchev–Trinajstić information content (AvgIpc) is 3.88. The molecule has 3 heterocycles. The quantitative estimate of drug-likeness (QED) is 0.346. The van der Waals surface area contributed by atoms with E-state index >= 15 is 0 Å². The summed E-state index contributed by atoms with van der Waals surface area (Å²) in [6.07, 6.45) is 6.95. The Balaban J connectivity index is 1.74. The number of rotatable bonds is 5. The maximum absolute atomic E-state index is 14.6. The van der Waals surface area contributed by atoms with E-state index in [4.69, 9.17) is 14.5 Å². The van der Waals surface area contributed by atoms with Gasteiger partial charge in [0.2, 0.25) is 23.6 Å². The van der Waals surface area contributed by atoms with Gasteiger partial charge in [0.25, 0.3) is 0 Å². The van der Waals surface area contributed by atoms with E-state index in [-0.39, 0.29) is 41.7 Å². The van der Waals surface area contributed by atoms with Crippen molar-refractivity contribution in [2.45, 2.75) is 137 Å². The predicted molar refractivity (Wildman–Crippen MR) is 231 cm³/mol. The molecule has 1 saturated heterocycles. The fraction of sp³-hybridized carbons (Fsp3) is 0.644. The van der Waals surface area contributed by atoms with Crippen molar-refractivity contribution < 1.29 is 33.4 Å². The monoisotopic (exact) mass is 821 g/mol. The summed E-state index contributed by atoms with van der Waals surface area (Å²) in [4.78, 5) is 80.4. The van der Waals surface area contributed by atoms with Crippen molar-refractivity contribution in [1.82, 2.24) is 20.0 Å². The Morgan fingerprint density at radius 1 is 0.983 bits per heavy atom. The Hall–Kier alpha value is -4.13. The molecular weight excluding hydrogens is 755 g/mol. The Morgan fingerprint density at radius 3 is 2.28 bits per heavy atom. The number of nitrogens with one attached hydrogen (secondary N) is 1. The highest BCUT2D eigenvalue weighted by Crippen LogP contribution is 2.33. The standard InChI is InChI=1S/C45H67N5O7S/c1-13-28(3)38-43(54)50-22-14-15-36(50)44(55)57-37(45(7,8)9)23-27(2)16-17-29(4)40-46-33(26-58-40)24-30(5)39(51)47-35(25-32-18-20-34(56-12)21-19-32)42(53)48(10)31(6)41(52)49(38)11/h17-21,24,27-28,31,33,35-38H,13-16,22-23,25-26H2,1-12H3,(H,47,51)/b29-17+,30-24+/t27-,28-,31-,33-,35-,36-,37-,38-/m0/s1. The van der Waals surface area contributed by atoms with E-state index in [0.29, 0.717) is 49.3 Å². The van der Waals surface area contributed by atoms with E-state index in [1.165, 1.54) is 9.80 Å². The van der Waals surface area contributed by atoms with E-state index in [1.807, 2.05) is 39.0 Å². The number of methoxy groups -OCH3 is 1. The summed E-state index contributed by atoms with van der Waals surface area (Å²) >= 11 is 1.65. The highest BCUT2D eigenvalue weighted by atomic mass is 32.2. The Bertz CT molecular complexity index is 1750. The Morgan fingerprint density at radius 2 is 1.66 bits per heavy atom. The highest BCUT2D eigenvalue weighted by molar-refractivity contribution is 8.14. The molecule has 0 saturated carbocycles. The summed E-state index contributed by atoms with van der Waals surface area (Å²) in [7, 11) is 4.71. The van der Waals surface area contributed by atoms with Crippen molar-refractivity contribution in [2.75, 3.05) is 33.5 Å². The van der Waals surface area contributed by atoms with Crippen LogP contribution in [-0.2, 0) is 35.1 Å². The number of esters is 1. The molecule has 1 fully saturated rings. The average molecular weight is 822 g/mol. The van der Waals surface area contributed by atoms with Crippen LogP contribution in [0.15, 0.2) is 52.6 Å².